The molecule has 2 aliphatic rings. The normalized spacial score (nSPS) is 18.9. The molecule has 0 aliphatic heterocycles. The van der Waals surface area contributed by atoms with E-state index in [1.165, 1.54) is 49.5 Å². The van der Waals surface area contributed by atoms with Gasteiger partial charge in [0.05, 0.1) is 0 Å². The van der Waals surface area contributed by atoms with Gasteiger partial charge in [0, 0.05) is 6.04 Å². The topological polar surface area (TPSA) is 12.0 Å². The van der Waals surface area contributed by atoms with Crippen molar-refractivity contribution in [3.05, 3.63) is 47.0 Å². The van der Waals surface area contributed by atoms with Crippen LogP contribution in [0.15, 0.2) is 30.3 Å². The molecule has 1 nitrogen and oxygen atoms in total. The van der Waals surface area contributed by atoms with Crippen LogP contribution < -0.4 is 5.32 Å². The maximum atomic E-state index is 3.75. The zero-order valence-electron chi connectivity index (χ0n) is 13.0. The molecule has 110 valence electrons. The summed E-state index contributed by atoms with van der Waals surface area (Å²) >= 11 is 0. The van der Waals surface area contributed by atoms with Gasteiger partial charge in [-0.25, -0.2) is 0 Å². The van der Waals surface area contributed by atoms with Crippen molar-refractivity contribution in [1.29, 1.82) is 0 Å². The molecular formula is C20H25N. The summed E-state index contributed by atoms with van der Waals surface area (Å²) in [5, 5.41) is 6.82. The smallest absolute Gasteiger partial charge is 0.0328 e. The van der Waals surface area contributed by atoms with Gasteiger partial charge >= 0.3 is 0 Å². The van der Waals surface area contributed by atoms with Crippen LogP contribution in [-0.2, 0) is 12.8 Å². The van der Waals surface area contributed by atoms with Gasteiger partial charge in [0.2, 0.25) is 0 Å². The van der Waals surface area contributed by atoms with Gasteiger partial charge in [0.1, 0.15) is 0 Å². The molecule has 4 rings (SSSR count). The minimum atomic E-state index is 0.533. The molecule has 0 amide bonds. The third-order valence-electron chi connectivity index (χ3n) is 5.53. The Labute approximate surface area is 127 Å². The van der Waals surface area contributed by atoms with E-state index in [-0.39, 0.29) is 0 Å². The average molecular weight is 279 g/mol. The average Bonchev–Trinajstić information content (AvgIpc) is 2.88. The third kappa shape index (κ3) is 2.28. The van der Waals surface area contributed by atoms with Crippen molar-refractivity contribution in [1.82, 2.24) is 5.32 Å². The SMILES string of the molecule is CCNC(CC1CCC1)c1ccc2c3c(cccc13)CC2. The van der Waals surface area contributed by atoms with Crippen molar-refractivity contribution in [3.63, 3.8) is 0 Å². The fraction of sp³-hybridized carbons (Fsp3) is 0.500. The second kappa shape index (κ2) is 5.46. The van der Waals surface area contributed by atoms with E-state index in [2.05, 4.69) is 42.6 Å². The minimum Gasteiger partial charge on any atom is -0.310 e. The predicted molar refractivity (Wildman–Crippen MR) is 89.7 cm³/mol. The van der Waals surface area contributed by atoms with Crippen LogP contribution in [0.1, 0.15) is 55.3 Å². The van der Waals surface area contributed by atoms with Crippen molar-refractivity contribution in [2.75, 3.05) is 6.54 Å². The zero-order chi connectivity index (χ0) is 14.2. The highest BCUT2D eigenvalue weighted by atomic mass is 14.9. The summed E-state index contributed by atoms with van der Waals surface area (Å²) in [7, 11) is 0. The molecule has 1 fully saturated rings. The summed E-state index contributed by atoms with van der Waals surface area (Å²) in [6.07, 6.45) is 8.07. The molecule has 2 aromatic rings. The Balaban J connectivity index is 1.77. The standard InChI is InChI=1S/C20H25N/c1-2-21-19(13-14-5-3-6-14)17-12-11-16-10-9-15-7-4-8-18(17)20(15)16/h4,7-8,11-12,14,19,21H,2-3,5-6,9-10,13H2,1H3. The fourth-order valence-corrected chi connectivity index (χ4v) is 4.20. The lowest BCUT2D eigenvalue weighted by Crippen LogP contribution is -2.26. The van der Waals surface area contributed by atoms with Gasteiger partial charge < -0.3 is 5.32 Å². The number of benzene rings is 2. The molecule has 1 N–H and O–H groups in total. The first-order valence-corrected chi connectivity index (χ1v) is 8.63. The van der Waals surface area contributed by atoms with Crippen LogP contribution in [0.2, 0.25) is 0 Å². The maximum Gasteiger partial charge on any atom is 0.0328 e. The van der Waals surface area contributed by atoms with Gasteiger partial charge in [-0.05, 0) is 59.2 Å². The summed E-state index contributed by atoms with van der Waals surface area (Å²) in [6.45, 7) is 3.29. The Morgan fingerprint density at radius 1 is 1.10 bits per heavy atom. The molecule has 1 saturated carbocycles. The molecule has 1 unspecified atom stereocenters. The van der Waals surface area contributed by atoms with Crippen molar-refractivity contribution in [3.8, 4) is 0 Å². The molecule has 1 atom stereocenters. The van der Waals surface area contributed by atoms with E-state index < -0.39 is 0 Å². The summed E-state index contributed by atoms with van der Waals surface area (Å²) in [5.74, 6) is 0.942. The van der Waals surface area contributed by atoms with Gasteiger partial charge in [-0.1, -0.05) is 56.5 Å². The monoisotopic (exact) mass is 279 g/mol. The first-order valence-electron chi connectivity index (χ1n) is 8.63. The fourth-order valence-electron chi connectivity index (χ4n) is 4.20. The number of nitrogens with one attached hydrogen (secondary N) is 1. The second-order valence-corrected chi connectivity index (χ2v) is 6.80. The molecule has 2 aromatic carbocycles. The number of hydrogen-bond acceptors (Lipinski definition) is 1. The molecule has 1 heteroatoms. The van der Waals surface area contributed by atoms with Crippen LogP contribution in [0.3, 0.4) is 0 Å². The van der Waals surface area contributed by atoms with Crippen LogP contribution in [0.5, 0.6) is 0 Å². The van der Waals surface area contributed by atoms with Crippen molar-refractivity contribution in [2.45, 2.75) is 51.5 Å². The van der Waals surface area contributed by atoms with Crippen molar-refractivity contribution in [2.24, 2.45) is 5.92 Å². The molecule has 21 heavy (non-hydrogen) atoms. The van der Waals surface area contributed by atoms with Gasteiger partial charge in [-0.3, -0.25) is 0 Å². The van der Waals surface area contributed by atoms with Crippen molar-refractivity contribution >= 4 is 10.8 Å². The summed E-state index contributed by atoms with van der Waals surface area (Å²) in [5.41, 5.74) is 4.65. The third-order valence-corrected chi connectivity index (χ3v) is 5.53. The molecule has 0 radical (unpaired) electrons. The Hall–Kier alpha value is -1.34. The Morgan fingerprint density at radius 3 is 2.62 bits per heavy atom. The first-order chi connectivity index (χ1) is 10.4. The predicted octanol–water partition coefficient (Wildman–Crippen LogP) is 4.78. The van der Waals surface area contributed by atoms with Crippen LogP contribution in [-0.4, -0.2) is 6.54 Å². The van der Waals surface area contributed by atoms with Gasteiger partial charge in [0.15, 0.2) is 0 Å². The van der Waals surface area contributed by atoms with Gasteiger partial charge in [0.25, 0.3) is 0 Å². The molecule has 0 saturated heterocycles. The summed E-state index contributed by atoms with van der Waals surface area (Å²) in [4.78, 5) is 0. The van der Waals surface area contributed by atoms with Crippen LogP contribution in [0, 0.1) is 5.92 Å². The molecule has 0 bridgehead atoms. The van der Waals surface area contributed by atoms with Gasteiger partial charge in [-0.15, -0.1) is 0 Å². The van der Waals surface area contributed by atoms with Crippen LogP contribution in [0.4, 0.5) is 0 Å². The van der Waals surface area contributed by atoms with E-state index in [4.69, 9.17) is 0 Å². The van der Waals surface area contributed by atoms with E-state index >= 15 is 0 Å². The minimum absolute atomic E-state index is 0.533. The number of hydrogen-bond donors (Lipinski definition) is 1. The van der Waals surface area contributed by atoms with E-state index in [1.807, 2.05) is 0 Å². The highest BCUT2D eigenvalue weighted by molar-refractivity contribution is 5.93. The van der Waals surface area contributed by atoms with E-state index in [0.717, 1.165) is 12.5 Å². The largest absolute Gasteiger partial charge is 0.310 e. The quantitative estimate of drug-likeness (QED) is 0.830. The lowest BCUT2D eigenvalue weighted by atomic mass is 9.79. The zero-order valence-corrected chi connectivity index (χ0v) is 13.0. The highest BCUT2D eigenvalue weighted by Crippen LogP contribution is 2.39. The summed E-state index contributed by atoms with van der Waals surface area (Å²) in [6, 6.07) is 12.2. The molecule has 0 aromatic heterocycles. The Morgan fingerprint density at radius 2 is 1.90 bits per heavy atom. The van der Waals surface area contributed by atoms with E-state index in [0.29, 0.717) is 6.04 Å². The Kier molecular flexibility index (Phi) is 3.46. The van der Waals surface area contributed by atoms with Crippen LogP contribution >= 0.6 is 0 Å². The highest BCUT2D eigenvalue weighted by Gasteiger charge is 2.25. The molecule has 2 aliphatic carbocycles. The lowest BCUT2D eigenvalue weighted by molar-refractivity contribution is 0.263. The lowest BCUT2D eigenvalue weighted by Gasteiger charge is -2.31. The Bertz CT molecular complexity index is 644. The number of rotatable bonds is 5. The van der Waals surface area contributed by atoms with Crippen LogP contribution in [0.25, 0.3) is 10.8 Å². The summed E-state index contributed by atoms with van der Waals surface area (Å²) < 4.78 is 0. The second-order valence-electron chi connectivity index (χ2n) is 6.80. The first kappa shape index (κ1) is 13.3. The van der Waals surface area contributed by atoms with Gasteiger partial charge in [-0.2, -0.15) is 0 Å². The van der Waals surface area contributed by atoms with Crippen molar-refractivity contribution < 1.29 is 0 Å². The molecular weight excluding hydrogens is 254 g/mol. The van der Waals surface area contributed by atoms with E-state index in [1.54, 1.807) is 16.5 Å². The number of aryl methyl sites for hydroxylation is 2. The molecule has 0 spiro atoms. The molecule has 0 heterocycles. The van der Waals surface area contributed by atoms with E-state index in [9.17, 15) is 0 Å². The maximum absolute atomic E-state index is 3.75.